The van der Waals surface area contributed by atoms with Crippen molar-refractivity contribution in [2.45, 2.75) is 45.1 Å². The molecule has 2 heterocycles. The fourth-order valence-electron chi connectivity index (χ4n) is 2.62. The Morgan fingerprint density at radius 1 is 1.31 bits per heavy atom. The molecule has 0 radical (unpaired) electrons. The molecule has 0 spiro atoms. The van der Waals surface area contributed by atoms with Crippen molar-refractivity contribution in [1.29, 1.82) is 0 Å². The molecule has 0 aliphatic heterocycles. The maximum atomic E-state index is 13.0. The Bertz CT molecular complexity index is 1100. The number of carbonyl (C=O) groups is 1. The summed E-state index contributed by atoms with van der Waals surface area (Å²) in [7, 11) is -3.97. The van der Waals surface area contributed by atoms with Crippen molar-refractivity contribution in [3.05, 3.63) is 42.0 Å². The van der Waals surface area contributed by atoms with Crippen LogP contribution in [0, 0.1) is 5.41 Å². The van der Waals surface area contributed by atoms with E-state index in [-0.39, 0.29) is 28.8 Å². The van der Waals surface area contributed by atoms with Crippen LogP contribution in [-0.4, -0.2) is 39.5 Å². The van der Waals surface area contributed by atoms with Crippen LogP contribution >= 0.6 is 0 Å². The van der Waals surface area contributed by atoms with E-state index in [1.54, 1.807) is 13.0 Å². The third-order valence-corrected chi connectivity index (χ3v) is 5.66. The molecule has 3 rings (SSSR count). The summed E-state index contributed by atoms with van der Waals surface area (Å²) in [4.78, 5) is 20.2. The van der Waals surface area contributed by atoms with Crippen molar-refractivity contribution in [2.75, 3.05) is 0 Å². The summed E-state index contributed by atoms with van der Waals surface area (Å²) in [6, 6.07) is 5.11. The monoisotopic (exact) mass is 418 g/mol. The minimum absolute atomic E-state index is 0.0129. The lowest BCUT2D eigenvalue weighted by Gasteiger charge is -2.28. The maximum Gasteiger partial charge on any atom is 0.245 e. The maximum absolute atomic E-state index is 13.0. The van der Waals surface area contributed by atoms with Crippen molar-refractivity contribution in [2.24, 2.45) is 5.41 Å². The summed E-state index contributed by atoms with van der Waals surface area (Å²) < 4.78 is 34.0. The number of rotatable bonds is 7. The fraction of sp³-hybridized carbons (Fsp3) is 0.389. The Balaban J connectivity index is 1.94. The number of sulfonamides is 1. The van der Waals surface area contributed by atoms with E-state index < -0.39 is 21.5 Å². The number of hydrogen-bond acceptors (Lipinski definition) is 8. The second kappa shape index (κ2) is 7.84. The zero-order valence-electron chi connectivity index (χ0n) is 16.5. The average Bonchev–Trinajstić information content (AvgIpc) is 3.36. The summed E-state index contributed by atoms with van der Waals surface area (Å²) in [6.45, 7) is 7.25. The molecule has 1 unspecified atom stereocenters. The lowest BCUT2D eigenvalue weighted by atomic mass is 9.87. The van der Waals surface area contributed by atoms with E-state index in [1.807, 2.05) is 20.8 Å². The summed E-state index contributed by atoms with van der Waals surface area (Å²) in [5, 5.41) is 10.2. The highest BCUT2D eigenvalue weighted by Crippen LogP contribution is 2.34. The smallest absolute Gasteiger partial charge is 0.245 e. The van der Waals surface area contributed by atoms with Crippen LogP contribution in [0.25, 0.3) is 11.6 Å². The number of benzene rings is 1. The Hall–Kier alpha value is -2.92. The number of hydrogen-bond donors (Lipinski definition) is 2. The normalized spacial score (nSPS) is 13.4. The Morgan fingerprint density at radius 2 is 2.07 bits per heavy atom. The molecule has 11 heteroatoms. The van der Waals surface area contributed by atoms with Gasteiger partial charge in [0.2, 0.25) is 21.7 Å². The summed E-state index contributed by atoms with van der Waals surface area (Å²) in [5.41, 5.74) is -0.247. The van der Waals surface area contributed by atoms with Gasteiger partial charge in [-0.3, -0.25) is 9.89 Å². The standard InChI is InChI=1S/C18H22N6O4S/c1-5-13(25)11-7-6-8-12(9-11)29(26,27)24-14(18(2,3)4)17-21-16(23-28-17)15-19-10-20-22-15/h6-10,14,24H,5H2,1-4H3,(H,19,20,22). The van der Waals surface area contributed by atoms with Gasteiger partial charge in [0, 0.05) is 12.0 Å². The molecular weight excluding hydrogens is 396 g/mol. The van der Waals surface area contributed by atoms with Gasteiger partial charge in [0.1, 0.15) is 12.4 Å². The predicted molar refractivity (Wildman–Crippen MR) is 103 cm³/mol. The van der Waals surface area contributed by atoms with Crippen molar-refractivity contribution in [3.63, 3.8) is 0 Å². The Morgan fingerprint density at radius 3 is 2.69 bits per heavy atom. The van der Waals surface area contributed by atoms with Crippen LogP contribution in [0.4, 0.5) is 0 Å². The molecule has 0 amide bonds. The highest BCUT2D eigenvalue weighted by Gasteiger charge is 2.35. The first-order chi connectivity index (χ1) is 13.6. The molecule has 0 saturated carbocycles. The molecular formula is C18H22N6O4S. The number of ketones is 1. The average molecular weight is 418 g/mol. The second-order valence-corrected chi connectivity index (χ2v) is 9.23. The van der Waals surface area contributed by atoms with Crippen molar-refractivity contribution in [1.82, 2.24) is 30.0 Å². The van der Waals surface area contributed by atoms with E-state index in [0.717, 1.165) is 0 Å². The van der Waals surface area contributed by atoms with Crippen LogP contribution in [0.1, 0.15) is 56.4 Å². The second-order valence-electron chi connectivity index (χ2n) is 7.52. The number of H-pyrrole nitrogens is 1. The van der Waals surface area contributed by atoms with Crippen LogP contribution in [0.15, 0.2) is 40.0 Å². The number of nitrogens with one attached hydrogen (secondary N) is 2. The quantitative estimate of drug-likeness (QED) is 0.557. The van der Waals surface area contributed by atoms with Gasteiger partial charge in [-0.05, 0) is 17.5 Å². The molecule has 3 aromatic rings. The van der Waals surface area contributed by atoms with Crippen LogP contribution in [-0.2, 0) is 10.0 Å². The van der Waals surface area contributed by atoms with Crippen molar-refractivity contribution >= 4 is 15.8 Å². The van der Waals surface area contributed by atoms with Crippen LogP contribution in [0.3, 0.4) is 0 Å². The molecule has 0 aliphatic carbocycles. The van der Waals surface area contributed by atoms with E-state index in [2.05, 4.69) is 30.0 Å². The summed E-state index contributed by atoms with van der Waals surface area (Å²) in [6.07, 6.45) is 1.59. The fourth-order valence-corrected chi connectivity index (χ4v) is 4.06. The van der Waals surface area contributed by atoms with Gasteiger partial charge in [0.05, 0.1) is 4.90 Å². The van der Waals surface area contributed by atoms with E-state index in [0.29, 0.717) is 11.4 Å². The van der Waals surface area contributed by atoms with E-state index in [9.17, 15) is 13.2 Å². The van der Waals surface area contributed by atoms with Gasteiger partial charge >= 0.3 is 0 Å². The molecule has 0 fully saturated rings. The molecule has 10 nitrogen and oxygen atoms in total. The van der Waals surface area contributed by atoms with Crippen LogP contribution in [0.5, 0.6) is 0 Å². The van der Waals surface area contributed by atoms with Crippen LogP contribution < -0.4 is 4.72 Å². The molecule has 0 aliphatic rings. The van der Waals surface area contributed by atoms with Gasteiger partial charge in [0.25, 0.3) is 0 Å². The van der Waals surface area contributed by atoms with Gasteiger partial charge in [0.15, 0.2) is 11.6 Å². The summed E-state index contributed by atoms with van der Waals surface area (Å²) >= 11 is 0. The van der Waals surface area contributed by atoms with E-state index >= 15 is 0 Å². The molecule has 154 valence electrons. The first-order valence-electron chi connectivity index (χ1n) is 8.96. The number of Topliss-reactive ketones (excluding diaryl/α,β-unsaturated/α-hetero) is 1. The highest BCUT2D eigenvalue weighted by atomic mass is 32.2. The molecule has 2 N–H and O–H groups in total. The van der Waals surface area contributed by atoms with Gasteiger partial charge in [-0.25, -0.2) is 13.4 Å². The number of carbonyl (C=O) groups excluding carboxylic acids is 1. The predicted octanol–water partition coefficient (Wildman–Crippen LogP) is 2.51. The first kappa shape index (κ1) is 20.8. The van der Waals surface area contributed by atoms with Gasteiger partial charge in [-0.2, -0.15) is 14.8 Å². The summed E-state index contributed by atoms with van der Waals surface area (Å²) in [5.74, 6) is 0.430. The highest BCUT2D eigenvalue weighted by molar-refractivity contribution is 7.89. The zero-order valence-corrected chi connectivity index (χ0v) is 17.3. The molecule has 29 heavy (non-hydrogen) atoms. The molecule has 0 saturated heterocycles. The third-order valence-electron chi connectivity index (χ3n) is 4.24. The number of aromatic amines is 1. The molecule has 1 aromatic carbocycles. The van der Waals surface area contributed by atoms with Gasteiger partial charge in [-0.15, -0.1) is 0 Å². The zero-order chi connectivity index (χ0) is 21.2. The largest absolute Gasteiger partial charge is 0.337 e. The van der Waals surface area contributed by atoms with Crippen LogP contribution in [0.2, 0.25) is 0 Å². The number of aromatic nitrogens is 5. The van der Waals surface area contributed by atoms with Crippen molar-refractivity contribution in [3.8, 4) is 11.6 Å². The Kier molecular flexibility index (Phi) is 5.62. The number of nitrogens with zero attached hydrogens (tertiary/aromatic N) is 4. The Labute approximate surface area is 168 Å². The molecule has 1 atom stereocenters. The van der Waals surface area contributed by atoms with E-state index in [4.69, 9.17) is 4.52 Å². The van der Waals surface area contributed by atoms with Gasteiger partial charge < -0.3 is 4.52 Å². The topological polar surface area (TPSA) is 144 Å². The SMILES string of the molecule is CCC(=O)c1cccc(S(=O)(=O)NC(c2nc(-c3ncn[nH]3)no2)C(C)(C)C)c1. The first-order valence-corrected chi connectivity index (χ1v) is 10.4. The molecule has 2 aromatic heterocycles. The molecule has 0 bridgehead atoms. The lowest BCUT2D eigenvalue weighted by Crippen LogP contribution is -2.37. The lowest BCUT2D eigenvalue weighted by molar-refractivity contribution is 0.0988. The van der Waals surface area contributed by atoms with Gasteiger partial charge in [-0.1, -0.05) is 45.0 Å². The minimum atomic E-state index is -3.97. The van der Waals surface area contributed by atoms with E-state index in [1.165, 1.54) is 24.5 Å². The minimum Gasteiger partial charge on any atom is -0.337 e. The third kappa shape index (κ3) is 4.57. The van der Waals surface area contributed by atoms with Crippen molar-refractivity contribution < 1.29 is 17.7 Å².